The summed E-state index contributed by atoms with van der Waals surface area (Å²) in [6.45, 7) is 0.0737. The lowest BCUT2D eigenvalue weighted by atomic mass is 10.1. The van der Waals surface area contributed by atoms with Crippen LogP contribution in [0.2, 0.25) is 5.02 Å². The molecule has 0 radical (unpaired) electrons. The van der Waals surface area contributed by atoms with Gasteiger partial charge in [-0.15, -0.1) is 0 Å². The van der Waals surface area contributed by atoms with Crippen molar-refractivity contribution in [3.05, 3.63) is 58.6 Å². The van der Waals surface area contributed by atoms with Crippen molar-refractivity contribution in [1.29, 1.82) is 0 Å². The van der Waals surface area contributed by atoms with Gasteiger partial charge in [0.1, 0.15) is 0 Å². The van der Waals surface area contributed by atoms with Gasteiger partial charge in [0.15, 0.2) is 11.5 Å². The van der Waals surface area contributed by atoms with Crippen molar-refractivity contribution in [1.82, 2.24) is 10.6 Å². The topological polar surface area (TPSA) is 96.9 Å². The molecule has 8 heteroatoms. The van der Waals surface area contributed by atoms with Crippen molar-refractivity contribution in [3.63, 3.8) is 0 Å². The minimum atomic E-state index is -1.00. The SMILES string of the molecule is COc1ccc([C@H](O)CNC(=O)C(=O)NCc2ccc(Cl)cc2)cc1OC. The van der Waals surface area contributed by atoms with Gasteiger partial charge in [0.05, 0.1) is 20.3 Å². The highest BCUT2D eigenvalue weighted by molar-refractivity contribution is 6.35. The smallest absolute Gasteiger partial charge is 0.309 e. The fraction of sp³-hybridized carbons (Fsp3) is 0.263. The Kier molecular flexibility index (Phi) is 7.45. The normalized spacial score (nSPS) is 11.4. The van der Waals surface area contributed by atoms with Gasteiger partial charge in [-0.2, -0.15) is 0 Å². The summed E-state index contributed by atoms with van der Waals surface area (Å²) < 4.78 is 10.3. The number of ether oxygens (including phenoxy) is 2. The number of hydrogen-bond donors (Lipinski definition) is 3. The van der Waals surface area contributed by atoms with Crippen LogP contribution in [0, 0.1) is 0 Å². The molecule has 3 N–H and O–H groups in total. The van der Waals surface area contributed by atoms with Gasteiger partial charge in [0, 0.05) is 18.1 Å². The molecule has 0 spiro atoms. The molecule has 2 aromatic rings. The molecular formula is C19H21ClN2O5. The van der Waals surface area contributed by atoms with Crippen molar-refractivity contribution < 1.29 is 24.2 Å². The molecular weight excluding hydrogens is 372 g/mol. The summed E-state index contributed by atoms with van der Waals surface area (Å²) in [4.78, 5) is 23.7. The zero-order valence-corrected chi connectivity index (χ0v) is 15.7. The van der Waals surface area contributed by atoms with Crippen molar-refractivity contribution in [3.8, 4) is 11.5 Å². The van der Waals surface area contributed by atoms with E-state index >= 15 is 0 Å². The van der Waals surface area contributed by atoms with Gasteiger partial charge in [-0.05, 0) is 35.4 Å². The van der Waals surface area contributed by atoms with Crippen LogP contribution >= 0.6 is 11.6 Å². The average molecular weight is 393 g/mol. The molecule has 0 heterocycles. The Morgan fingerprint density at radius 2 is 1.63 bits per heavy atom. The van der Waals surface area contributed by atoms with Crippen LogP contribution in [-0.4, -0.2) is 37.7 Å². The van der Waals surface area contributed by atoms with E-state index in [1.807, 2.05) is 0 Å². The van der Waals surface area contributed by atoms with Gasteiger partial charge >= 0.3 is 11.8 Å². The predicted molar refractivity (Wildman–Crippen MR) is 101 cm³/mol. The number of benzene rings is 2. The molecule has 2 aromatic carbocycles. The molecule has 2 amide bonds. The molecule has 27 heavy (non-hydrogen) atoms. The first-order valence-electron chi connectivity index (χ1n) is 8.15. The highest BCUT2D eigenvalue weighted by atomic mass is 35.5. The fourth-order valence-electron chi connectivity index (χ4n) is 2.31. The lowest BCUT2D eigenvalue weighted by Gasteiger charge is -2.15. The second kappa shape index (κ2) is 9.80. The van der Waals surface area contributed by atoms with Crippen molar-refractivity contribution >= 4 is 23.4 Å². The van der Waals surface area contributed by atoms with Crippen LogP contribution < -0.4 is 20.1 Å². The first kappa shape index (κ1) is 20.5. The third-order valence-corrected chi connectivity index (χ3v) is 4.07. The second-order valence-corrected chi connectivity index (χ2v) is 6.09. The third kappa shape index (κ3) is 5.87. The van der Waals surface area contributed by atoms with Gasteiger partial charge in [-0.25, -0.2) is 0 Å². The quantitative estimate of drug-likeness (QED) is 0.624. The molecule has 1 atom stereocenters. The molecule has 0 fully saturated rings. The second-order valence-electron chi connectivity index (χ2n) is 5.65. The maximum atomic E-state index is 11.9. The number of halogens is 1. The number of carbonyl (C=O) groups excluding carboxylic acids is 2. The molecule has 7 nitrogen and oxygen atoms in total. The number of hydrogen-bond acceptors (Lipinski definition) is 5. The molecule has 0 aliphatic rings. The third-order valence-electron chi connectivity index (χ3n) is 3.82. The summed E-state index contributed by atoms with van der Waals surface area (Å²) in [6.07, 6.45) is -1.00. The van der Waals surface area contributed by atoms with Gasteiger partial charge in [0.25, 0.3) is 0 Å². The van der Waals surface area contributed by atoms with Crippen LogP contribution in [0.25, 0.3) is 0 Å². The van der Waals surface area contributed by atoms with Gasteiger partial charge < -0.3 is 25.2 Å². The molecule has 0 aliphatic heterocycles. The van der Waals surface area contributed by atoms with Crippen LogP contribution in [-0.2, 0) is 16.1 Å². The average Bonchev–Trinajstić information content (AvgIpc) is 2.70. The number of methoxy groups -OCH3 is 2. The number of rotatable bonds is 7. The first-order valence-corrected chi connectivity index (χ1v) is 8.53. The highest BCUT2D eigenvalue weighted by Crippen LogP contribution is 2.29. The Labute approximate surface area is 162 Å². The van der Waals surface area contributed by atoms with Crippen molar-refractivity contribution in [2.75, 3.05) is 20.8 Å². The van der Waals surface area contributed by atoms with Crippen LogP contribution in [0.4, 0.5) is 0 Å². The summed E-state index contributed by atoms with van der Waals surface area (Å²) in [5.41, 5.74) is 1.33. The summed E-state index contributed by atoms with van der Waals surface area (Å²) in [5.74, 6) is -0.631. The van der Waals surface area contributed by atoms with E-state index in [0.29, 0.717) is 22.1 Å². The molecule has 0 unspecified atom stereocenters. The molecule has 0 saturated carbocycles. The Hall–Kier alpha value is -2.77. The van der Waals surface area contributed by atoms with E-state index in [9.17, 15) is 14.7 Å². The maximum Gasteiger partial charge on any atom is 0.309 e. The molecule has 0 saturated heterocycles. The summed E-state index contributed by atoms with van der Waals surface area (Å²) in [5, 5.41) is 15.7. The Morgan fingerprint density at radius 1 is 1.00 bits per heavy atom. The van der Waals surface area contributed by atoms with E-state index in [-0.39, 0.29) is 13.1 Å². The standard InChI is InChI=1S/C19H21ClN2O5/c1-26-16-8-5-13(9-17(16)27-2)15(23)11-22-19(25)18(24)21-10-12-3-6-14(20)7-4-12/h3-9,15,23H,10-11H2,1-2H3,(H,21,24)(H,22,25)/t15-/m1/s1. The highest BCUT2D eigenvalue weighted by Gasteiger charge is 2.17. The van der Waals surface area contributed by atoms with Gasteiger partial charge in [-0.3, -0.25) is 9.59 Å². The summed E-state index contributed by atoms with van der Waals surface area (Å²) in [7, 11) is 3.00. The summed E-state index contributed by atoms with van der Waals surface area (Å²) in [6, 6.07) is 11.8. The number of aliphatic hydroxyl groups is 1. The van der Waals surface area contributed by atoms with Crippen LogP contribution in [0.1, 0.15) is 17.2 Å². The number of aliphatic hydroxyl groups excluding tert-OH is 1. The van der Waals surface area contributed by atoms with Crippen molar-refractivity contribution in [2.45, 2.75) is 12.6 Å². The van der Waals surface area contributed by atoms with E-state index in [1.165, 1.54) is 14.2 Å². The molecule has 2 rings (SSSR count). The lowest BCUT2D eigenvalue weighted by Crippen LogP contribution is -2.41. The first-order chi connectivity index (χ1) is 12.9. The van der Waals surface area contributed by atoms with Crippen LogP contribution in [0.5, 0.6) is 11.5 Å². The molecule has 0 bridgehead atoms. The monoisotopic (exact) mass is 392 g/mol. The Balaban J connectivity index is 1.84. The summed E-state index contributed by atoms with van der Waals surface area (Å²) >= 11 is 5.79. The van der Waals surface area contributed by atoms with Gasteiger partial charge in [-0.1, -0.05) is 29.8 Å². The van der Waals surface area contributed by atoms with E-state index < -0.39 is 17.9 Å². The van der Waals surface area contributed by atoms with E-state index in [1.54, 1.807) is 42.5 Å². The Bertz CT molecular complexity index is 795. The number of amides is 2. The molecule has 0 aromatic heterocycles. The number of carbonyl (C=O) groups is 2. The number of nitrogens with one attached hydrogen (secondary N) is 2. The largest absolute Gasteiger partial charge is 0.493 e. The predicted octanol–water partition coefficient (Wildman–Crippen LogP) is 1.82. The van der Waals surface area contributed by atoms with Crippen molar-refractivity contribution in [2.24, 2.45) is 0 Å². The molecule has 0 aliphatic carbocycles. The maximum absolute atomic E-state index is 11.9. The minimum absolute atomic E-state index is 0.122. The van der Waals surface area contributed by atoms with E-state index in [0.717, 1.165) is 5.56 Å². The minimum Gasteiger partial charge on any atom is -0.493 e. The molecule has 144 valence electrons. The van der Waals surface area contributed by atoms with Crippen LogP contribution in [0.3, 0.4) is 0 Å². The van der Waals surface area contributed by atoms with Gasteiger partial charge in [0.2, 0.25) is 0 Å². The zero-order valence-electron chi connectivity index (χ0n) is 15.0. The Morgan fingerprint density at radius 3 is 2.26 bits per heavy atom. The van der Waals surface area contributed by atoms with E-state index in [2.05, 4.69) is 10.6 Å². The van der Waals surface area contributed by atoms with Crippen LogP contribution in [0.15, 0.2) is 42.5 Å². The lowest BCUT2D eigenvalue weighted by molar-refractivity contribution is -0.139. The van der Waals surface area contributed by atoms with E-state index in [4.69, 9.17) is 21.1 Å². The fourth-order valence-corrected chi connectivity index (χ4v) is 2.44. The zero-order chi connectivity index (χ0) is 19.8.